The number of likely N-dealkylation sites (tertiary alicyclic amines) is 1. The first-order valence-corrected chi connectivity index (χ1v) is 15.6. The second-order valence-corrected chi connectivity index (χ2v) is 11.6. The molecule has 13 nitrogen and oxygen atoms in total. The van der Waals surface area contributed by atoms with Crippen molar-refractivity contribution in [3.05, 3.63) is 102 Å². The number of hydrogen-bond donors (Lipinski definition) is 6. The van der Waals surface area contributed by atoms with Crippen molar-refractivity contribution in [1.29, 1.82) is 0 Å². The number of carbonyl (C=O) groups is 3. The molecule has 4 atom stereocenters. The molecule has 4 aromatic rings. The van der Waals surface area contributed by atoms with E-state index in [-0.39, 0.29) is 50.8 Å². The van der Waals surface area contributed by atoms with Gasteiger partial charge in [0, 0.05) is 44.2 Å². The van der Waals surface area contributed by atoms with Gasteiger partial charge in [-0.1, -0.05) is 66.7 Å². The van der Waals surface area contributed by atoms with Gasteiger partial charge in [-0.15, -0.1) is 0 Å². The van der Waals surface area contributed by atoms with E-state index in [9.17, 15) is 14.4 Å². The highest BCUT2D eigenvalue weighted by Gasteiger charge is 2.42. The first-order chi connectivity index (χ1) is 22.8. The minimum Gasteiger partial charge on any atom is -0.372 e. The van der Waals surface area contributed by atoms with E-state index in [4.69, 9.17) is 21.9 Å². The van der Waals surface area contributed by atoms with Crippen LogP contribution in [-0.2, 0) is 38.6 Å². The Morgan fingerprint density at radius 3 is 2.51 bits per heavy atom. The van der Waals surface area contributed by atoms with Crippen molar-refractivity contribution in [3.8, 4) is 0 Å². The molecule has 0 aliphatic carbocycles. The number of nitrogens with one attached hydrogen (secondary N) is 3. The Hall–Kier alpha value is -5.27. The summed E-state index contributed by atoms with van der Waals surface area (Å²) in [6.07, 6.45) is 3.38. The van der Waals surface area contributed by atoms with Gasteiger partial charge in [-0.3, -0.25) is 19.4 Å². The van der Waals surface area contributed by atoms with E-state index in [1.807, 2.05) is 66.7 Å². The van der Waals surface area contributed by atoms with Gasteiger partial charge in [0.05, 0.1) is 31.6 Å². The largest absolute Gasteiger partial charge is 0.372 e. The number of fused-ring (bicyclic) bond motifs is 1. The molecule has 13 heteroatoms. The number of aromatic nitrogens is 2. The number of benzene rings is 3. The summed E-state index contributed by atoms with van der Waals surface area (Å²) >= 11 is 0. The number of amides is 3. The van der Waals surface area contributed by atoms with Crippen LogP contribution in [0.15, 0.2) is 90.3 Å². The van der Waals surface area contributed by atoms with E-state index in [0.29, 0.717) is 12.3 Å². The Morgan fingerprint density at radius 2 is 1.77 bits per heavy atom. The molecule has 9 N–H and O–H groups in total. The van der Waals surface area contributed by atoms with Crippen molar-refractivity contribution >= 4 is 34.5 Å². The molecule has 0 saturated carbocycles. The van der Waals surface area contributed by atoms with E-state index < -0.39 is 36.0 Å². The zero-order chi connectivity index (χ0) is 33.2. The highest BCUT2D eigenvalue weighted by Crippen LogP contribution is 2.25. The molecule has 0 radical (unpaired) electrons. The highest BCUT2D eigenvalue weighted by molar-refractivity contribution is 5.94. The Balaban J connectivity index is 1.33. The maximum atomic E-state index is 14.3. The fraction of sp³-hybridized carbons (Fsp3) is 0.324. The lowest BCUT2D eigenvalue weighted by molar-refractivity contribution is -0.141. The average Bonchev–Trinajstić information content (AvgIpc) is 3.75. The summed E-state index contributed by atoms with van der Waals surface area (Å²) in [4.78, 5) is 53.4. The predicted octanol–water partition coefficient (Wildman–Crippen LogP) is 0.736. The third-order valence-electron chi connectivity index (χ3n) is 8.08. The summed E-state index contributed by atoms with van der Waals surface area (Å²) in [5.74, 6) is -1.33. The molecular formula is C34H41N9O4. The molecule has 1 aliphatic rings. The highest BCUT2D eigenvalue weighted by atomic mass is 16.5. The van der Waals surface area contributed by atoms with Gasteiger partial charge < -0.3 is 42.5 Å². The molecule has 3 amide bonds. The minimum absolute atomic E-state index is 0.0793. The van der Waals surface area contributed by atoms with Crippen LogP contribution in [0.25, 0.3) is 10.8 Å². The number of rotatable bonds is 14. The first-order valence-electron chi connectivity index (χ1n) is 15.6. The van der Waals surface area contributed by atoms with Crippen molar-refractivity contribution in [2.24, 2.45) is 22.2 Å². The van der Waals surface area contributed by atoms with Crippen LogP contribution in [0.5, 0.6) is 0 Å². The fourth-order valence-electron chi connectivity index (χ4n) is 5.69. The standard InChI is InChI=1S/C34H41N9O4/c35-28(16-26-18-38-21-41-26)31(44)42-29(15-22-6-2-1-3-7-22)33(46)43-19-27(17-30(43)32(45)39-12-13-40-34(36)37)47-20-23-10-11-24-8-4-5-9-25(24)14-23/h1-11,14,18,21,27-30H,12-13,15-17,19-20,35H2,(H,38,41)(H,39,45)(H,42,44)(H4,36,37,40)/t27-,28+,29-,30-/m1/s1. The first kappa shape index (κ1) is 33.1. The Labute approximate surface area is 272 Å². The lowest BCUT2D eigenvalue weighted by Crippen LogP contribution is -2.56. The van der Waals surface area contributed by atoms with Gasteiger partial charge in [0.15, 0.2) is 5.96 Å². The molecular weight excluding hydrogens is 598 g/mol. The maximum Gasteiger partial charge on any atom is 0.246 e. The average molecular weight is 640 g/mol. The van der Waals surface area contributed by atoms with E-state index in [1.54, 1.807) is 6.20 Å². The SMILES string of the molecule is NC(N)=NCCNC(=O)[C@H]1C[C@@H](OCc2ccc3ccccc3c2)CN1C(=O)[C@@H](Cc1ccccc1)NC(=O)[C@@H](N)Cc1cnc[nH]1. The molecule has 2 heterocycles. The van der Waals surface area contributed by atoms with E-state index in [0.717, 1.165) is 21.9 Å². The second-order valence-electron chi connectivity index (χ2n) is 11.6. The van der Waals surface area contributed by atoms with Crippen LogP contribution in [0.2, 0.25) is 0 Å². The number of aliphatic imine (C=N–C) groups is 1. The monoisotopic (exact) mass is 639 g/mol. The second kappa shape index (κ2) is 15.8. The molecule has 0 spiro atoms. The van der Waals surface area contributed by atoms with Gasteiger partial charge >= 0.3 is 0 Å². The van der Waals surface area contributed by atoms with Crippen molar-refractivity contribution < 1.29 is 19.1 Å². The van der Waals surface area contributed by atoms with Gasteiger partial charge in [-0.2, -0.15) is 0 Å². The normalized spacial score (nSPS) is 17.2. The van der Waals surface area contributed by atoms with Crippen LogP contribution in [0.3, 0.4) is 0 Å². The molecule has 1 aliphatic heterocycles. The van der Waals surface area contributed by atoms with Gasteiger partial charge in [0.2, 0.25) is 17.7 Å². The molecule has 1 aromatic heterocycles. The number of H-pyrrole nitrogens is 1. The number of aromatic amines is 1. The summed E-state index contributed by atoms with van der Waals surface area (Å²) in [6.45, 7) is 0.852. The maximum absolute atomic E-state index is 14.3. The number of nitrogens with zero attached hydrogens (tertiary/aromatic N) is 3. The Kier molecular flexibility index (Phi) is 11.1. The molecule has 47 heavy (non-hydrogen) atoms. The number of ether oxygens (including phenoxy) is 1. The molecule has 5 rings (SSSR count). The fourth-order valence-corrected chi connectivity index (χ4v) is 5.69. The molecule has 1 saturated heterocycles. The van der Waals surface area contributed by atoms with Crippen LogP contribution >= 0.6 is 0 Å². The van der Waals surface area contributed by atoms with Crippen LogP contribution in [0.1, 0.15) is 23.2 Å². The lowest BCUT2D eigenvalue weighted by Gasteiger charge is -2.29. The summed E-state index contributed by atoms with van der Waals surface area (Å²) in [5, 5.41) is 7.91. The third-order valence-corrected chi connectivity index (χ3v) is 8.08. The number of carbonyl (C=O) groups excluding carboxylic acids is 3. The summed E-state index contributed by atoms with van der Waals surface area (Å²) in [6, 6.07) is 20.8. The number of nitrogens with two attached hydrogens (primary N) is 3. The molecule has 0 unspecified atom stereocenters. The van der Waals surface area contributed by atoms with Gasteiger partial charge in [-0.25, -0.2) is 4.98 Å². The van der Waals surface area contributed by atoms with Gasteiger partial charge in [0.1, 0.15) is 12.1 Å². The minimum atomic E-state index is -0.978. The Morgan fingerprint density at radius 1 is 1.00 bits per heavy atom. The third kappa shape index (κ3) is 9.15. The topological polar surface area (TPSA) is 207 Å². The van der Waals surface area contributed by atoms with E-state index >= 15 is 0 Å². The van der Waals surface area contributed by atoms with Crippen molar-refractivity contribution in [3.63, 3.8) is 0 Å². The van der Waals surface area contributed by atoms with Crippen molar-refractivity contribution in [1.82, 2.24) is 25.5 Å². The van der Waals surface area contributed by atoms with Crippen molar-refractivity contribution in [2.45, 2.75) is 50.1 Å². The smallest absolute Gasteiger partial charge is 0.246 e. The van der Waals surface area contributed by atoms with Crippen molar-refractivity contribution in [2.75, 3.05) is 19.6 Å². The molecule has 246 valence electrons. The van der Waals surface area contributed by atoms with Gasteiger partial charge in [-0.05, 0) is 28.0 Å². The van der Waals surface area contributed by atoms with Gasteiger partial charge in [0.25, 0.3) is 0 Å². The lowest BCUT2D eigenvalue weighted by atomic mass is 10.0. The number of hydrogen-bond acceptors (Lipinski definition) is 7. The molecule has 1 fully saturated rings. The van der Waals surface area contributed by atoms with Crippen LogP contribution in [0, 0.1) is 0 Å². The summed E-state index contributed by atoms with van der Waals surface area (Å²) in [7, 11) is 0. The quantitative estimate of drug-likeness (QED) is 0.0657. The summed E-state index contributed by atoms with van der Waals surface area (Å²) in [5.41, 5.74) is 19.6. The number of imidazole rings is 1. The molecule has 3 aromatic carbocycles. The van der Waals surface area contributed by atoms with E-state index in [2.05, 4.69) is 31.7 Å². The zero-order valence-electron chi connectivity index (χ0n) is 26.0. The predicted molar refractivity (Wildman–Crippen MR) is 179 cm³/mol. The van der Waals surface area contributed by atoms with Crippen LogP contribution < -0.4 is 27.8 Å². The Bertz CT molecular complexity index is 1680. The summed E-state index contributed by atoms with van der Waals surface area (Å²) < 4.78 is 6.29. The zero-order valence-corrected chi connectivity index (χ0v) is 26.0. The van der Waals surface area contributed by atoms with Crippen LogP contribution in [0.4, 0.5) is 0 Å². The number of guanidine groups is 1. The van der Waals surface area contributed by atoms with Crippen LogP contribution in [-0.4, -0.2) is 82.4 Å². The van der Waals surface area contributed by atoms with E-state index in [1.165, 1.54) is 11.2 Å². The molecule has 0 bridgehead atoms.